The van der Waals surface area contributed by atoms with Crippen molar-refractivity contribution in [1.82, 2.24) is 5.43 Å². The van der Waals surface area contributed by atoms with E-state index in [0.717, 1.165) is 0 Å². The first-order chi connectivity index (χ1) is 13.3. The summed E-state index contributed by atoms with van der Waals surface area (Å²) in [5, 5.41) is 13.3. The summed E-state index contributed by atoms with van der Waals surface area (Å²) in [6.07, 6.45) is 0.451. The first-order valence-electron chi connectivity index (χ1n) is 7.85. The first-order valence-corrected chi connectivity index (χ1v) is 8.98. The summed E-state index contributed by atoms with van der Waals surface area (Å²) in [4.78, 5) is 22.5. The van der Waals surface area contributed by atoms with Crippen LogP contribution in [0.2, 0.25) is 15.1 Å². The lowest BCUT2D eigenvalue weighted by atomic mass is 10.2. The van der Waals surface area contributed by atoms with E-state index in [0.29, 0.717) is 16.3 Å². The zero-order valence-corrected chi connectivity index (χ0v) is 16.8. The van der Waals surface area contributed by atoms with Crippen LogP contribution < -0.4 is 14.9 Å². The van der Waals surface area contributed by atoms with Crippen LogP contribution in [0.5, 0.6) is 11.5 Å². The van der Waals surface area contributed by atoms with Gasteiger partial charge < -0.3 is 14.6 Å². The summed E-state index contributed by atoms with van der Waals surface area (Å²) in [7, 11) is 0. The van der Waals surface area contributed by atoms with Crippen LogP contribution in [0.3, 0.4) is 0 Å². The Morgan fingerprint density at radius 3 is 2.54 bits per heavy atom. The number of benzene rings is 2. The number of amides is 1. The maximum Gasteiger partial charge on any atom is 0.344 e. The monoisotopic (exact) mass is 444 g/mol. The fourth-order valence-corrected chi connectivity index (χ4v) is 2.52. The topological polar surface area (TPSA) is 97.2 Å². The van der Waals surface area contributed by atoms with Gasteiger partial charge in [-0.1, -0.05) is 34.8 Å². The number of nitrogens with one attached hydrogen (secondary N) is 1. The number of carboxylic acids is 1. The Hall–Kier alpha value is -2.48. The summed E-state index contributed by atoms with van der Waals surface area (Å²) in [5.41, 5.74) is 2.97. The number of hydrogen-bond acceptors (Lipinski definition) is 5. The molecule has 7 nitrogen and oxygen atoms in total. The summed E-state index contributed by atoms with van der Waals surface area (Å²) in [5.74, 6) is -0.985. The number of carbonyl (C=O) groups excluding carboxylic acids is 1. The van der Waals surface area contributed by atoms with Gasteiger partial charge >= 0.3 is 5.97 Å². The molecule has 2 aromatic carbocycles. The lowest BCUT2D eigenvalue weighted by molar-refractivity contribution is -0.144. The van der Waals surface area contributed by atoms with Crippen molar-refractivity contribution < 1.29 is 24.2 Å². The first kappa shape index (κ1) is 21.8. The van der Waals surface area contributed by atoms with Crippen molar-refractivity contribution in [2.45, 2.75) is 13.0 Å². The van der Waals surface area contributed by atoms with Gasteiger partial charge in [0.2, 0.25) is 0 Å². The van der Waals surface area contributed by atoms with Gasteiger partial charge in [-0.05, 0) is 42.8 Å². The smallest absolute Gasteiger partial charge is 0.344 e. The van der Waals surface area contributed by atoms with E-state index in [2.05, 4.69) is 10.5 Å². The Bertz CT molecular complexity index is 888. The largest absolute Gasteiger partial charge is 0.482 e. The number of ether oxygens (including phenoxy) is 2. The SMILES string of the molecule is C[C@H](Oc1ccc(/C=N\NC(=O)COc2cc(Cl)cc(Cl)c2Cl)cc1)C(=O)O. The highest BCUT2D eigenvalue weighted by molar-refractivity contribution is 6.44. The lowest BCUT2D eigenvalue weighted by Gasteiger charge is -2.10. The van der Waals surface area contributed by atoms with Crippen LogP contribution in [0.15, 0.2) is 41.5 Å². The zero-order chi connectivity index (χ0) is 20.7. The van der Waals surface area contributed by atoms with Crippen LogP contribution in [0.25, 0.3) is 0 Å². The molecule has 0 aliphatic carbocycles. The van der Waals surface area contributed by atoms with E-state index in [-0.39, 0.29) is 22.4 Å². The zero-order valence-electron chi connectivity index (χ0n) is 14.5. The van der Waals surface area contributed by atoms with Gasteiger partial charge in [-0.3, -0.25) is 4.79 Å². The lowest BCUT2D eigenvalue weighted by Crippen LogP contribution is -2.24. The molecule has 0 aliphatic heterocycles. The average Bonchev–Trinajstić information content (AvgIpc) is 2.64. The minimum atomic E-state index is -1.06. The maximum absolute atomic E-state index is 11.8. The van der Waals surface area contributed by atoms with E-state index in [4.69, 9.17) is 49.4 Å². The maximum atomic E-state index is 11.8. The third-order valence-corrected chi connectivity index (χ3v) is 4.26. The van der Waals surface area contributed by atoms with Crippen LogP contribution in [0, 0.1) is 0 Å². The predicted octanol–water partition coefficient (Wildman–Crippen LogP) is 4.03. The molecule has 0 aromatic heterocycles. The van der Waals surface area contributed by atoms with Gasteiger partial charge in [-0.15, -0.1) is 0 Å². The van der Waals surface area contributed by atoms with E-state index >= 15 is 0 Å². The fraction of sp³-hybridized carbons (Fsp3) is 0.167. The van der Waals surface area contributed by atoms with Crippen molar-refractivity contribution in [3.63, 3.8) is 0 Å². The average molecular weight is 446 g/mol. The molecular weight excluding hydrogens is 431 g/mol. The van der Waals surface area contributed by atoms with Crippen LogP contribution in [-0.4, -0.2) is 35.9 Å². The number of hydrogen-bond donors (Lipinski definition) is 2. The molecule has 0 spiro atoms. The van der Waals surface area contributed by atoms with Gasteiger partial charge in [0, 0.05) is 11.1 Å². The standard InChI is InChI=1S/C18H15Cl3N2O5/c1-10(18(25)26)28-13-4-2-11(3-5-13)8-22-23-16(24)9-27-15-7-12(19)6-14(20)17(15)21/h2-8,10H,9H2,1H3,(H,23,24)(H,25,26)/b22-8-/t10-/m0/s1. The van der Waals surface area contributed by atoms with Gasteiger partial charge in [0.15, 0.2) is 12.7 Å². The molecule has 0 fully saturated rings. The molecule has 148 valence electrons. The molecule has 0 radical (unpaired) electrons. The number of halogens is 3. The van der Waals surface area contributed by atoms with Gasteiger partial charge in [-0.25, -0.2) is 10.2 Å². The Kier molecular flexibility index (Phi) is 7.92. The molecule has 0 aliphatic rings. The molecule has 2 N–H and O–H groups in total. The molecule has 0 bridgehead atoms. The molecule has 0 unspecified atom stereocenters. The van der Waals surface area contributed by atoms with Crippen molar-refractivity contribution in [1.29, 1.82) is 0 Å². The van der Waals surface area contributed by atoms with Crippen molar-refractivity contribution in [3.05, 3.63) is 57.0 Å². The van der Waals surface area contributed by atoms with Crippen molar-refractivity contribution in [3.8, 4) is 11.5 Å². The normalized spacial score (nSPS) is 11.9. The highest BCUT2D eigenvalue weighted by atomic mass is 35.5. The molecule has 0 saturated carbocycles. The van der Waals surface area contributed by atoms with Gasteiger partial charge in [0.05, 0.1) is 11.2 Å². The van der Waals surface area contributed by atoms with Gasteiger partial charge in [0.1, 0.15) is 16.5 Å². The quantitative estimate of drug-likeness (QED) is 0.363. The van der Waals surface area contributed by atoms with Gasteiger partial charge in [0.25, 0.3) is 5.91 Å². The minimum Gasteiger partial charge on any atom is -0.482 e. The molecule has 10 heteroatoms. The number of aliphatic carboxylic acids is 1. The number of nitrogens with zero attached hydrogens (tertiary/aromatic N) is 1. The van der Waals surface area contributed by atoms with Crippen molar-refractivity contribution in [2.24, 2.45) is 5.10 Å². The summed E-state index contributed by atoms with van der Waals surface area (Å²) in [6, 6.07) is 9.41. The molecule has 0 heterocycles. The number of carboxylic acid groups (broad SMARTS) is 1. The van der Waals surface area contributed by atoms with Crippen LogP contribution in [0.4, 0.5) is 0 Å². The predicted molar refractivity (Wildman–Crippen MR) is 107 cm³/mol. The second-order valence-electron chi connectivity index (χ2n) is 5.45. The Morgan fingerprint density at radius 1 is 1.21 bits per heavy atom. The third kappa shape index (κ3) is 6.60. The van der Waals surface area contributed by atoms with E-state index in [1.165, 1.54) is 25.3 Å². The molecule has 28 heavy (non-hydrogen) atoms. The molecule has 1 amide bonds. The van der Waals surface area contributed by atoms with Crippen molar-refractivity contribution in [2.75, 3.05) is 6.61 Å². The second-order valence-corrected chi connectivity index (χ2v) is 6.67. The summed E-state index contributed by atoms with van der Waals surface area (Å²) >= 11 is 17.7. The van der Waals surface area contributed by atoms with Crippen LogP contribution in [-0.2, 0) is 9.59 Å². The third-order valence-electron chi connectivity index (χ3n) is 3.26. The number of carbonyl (C=O) groups is 2. The minimum absolute atomic E-state index is 0.155. The Balaban J connectivity index is 1.84. The van der Waals surface area contributed by atoms with Gasteiger partial charge in [-0.2, -0.15) is 5.10 Å². The molecule has 0 saturated heterocycles. The Labute approximate surface area is 175 Å². The van der Waals surface area contributed by atoms with Crippen LogP contribution in [0.1, 0.15) is 12.5 Å². The van der Waals surface area contributed by atoms with Crippen molar-refractivity contribution >= 4 is 52.9 Å². The molecular formula is C18H15Cl3N2O5. The van der Waals surface area contributed by atoms with E-state index in [9.17, 15) is 9.59 Å². The molecule has 1 atom stereocenters. The molecule has 2 rings (SSSR count). The van der Waals surface area contributed by atoms with E-state index in [1.54, 1.807) is 24.3 Å². The van der Waals surface area contributed by atoms with E-state index in [1.807, 2.05) is 0 Å². The summed E-state index contributed by atoms with van der Waals surface area (Å²) in [6.45, 7) is 1.09. The molecule has 2 aromatic rings. The number of hydrazone groups is 1. The highest BCUT2D eigenvalue weighted by Gasteiger charge is 2.12. The van der Waals surface area contributed by atoms with E-state index < -0.39 is 18.0 Å². The number of rotatable bonds is 8. The van der Waals surface area contributed by atoms with Crippen LogP contribution >= 0.6 is 34.8 Å². The highest BCUT2D eigenvalue weighted by Crippen LogP contribution is 2.35. The second kappa shape index (κ2) is 10.2. The fourth-order valence-electron chi connectivity index (χ4n) is 1.88. The summed E-state index contributed by atoms with van der Waals surface area (Å²) < 4.78 is 10.5. The Morgan fingerprint density at radius 2 is 1.89 bits per heavy atom.